The van der Waals surface area contributed by atoms with Crippen molar-refractivity contribution in [3.05, 3.63) is 16.9 Å². The fourth-order valence-corrected chi connectivity index (χ4v) is 2.63. The highest BCUT2D eigenvalue weighted by Gasteiger charge is 2.27. The Bertz CT molecular complexity index is 657. The molecule has 0 aromatic carbocycles. The van der Waals surface area contributed by atoms with Gasteiger partial charge < -0.3 is 9.73 Å². The number of hydrogen-bond donors (Lipinski definition) is 2. The average Bonchev–Trinajstić information content (AvgIpc) is 2.77. The third-order valence-corrected chi connectivity index (χ3v) is 3.66. The van der Waals surface area contributed by atoms with E-state index < -0.39 is 0 Å². The second-order valence-corrected chi connectivity index (χ2v) is 5.06. The molecule has 3 rings (SSSR count). The molecule has 1 aromatic heterocycles. The van der Waals surface area contributed by atoms with Crippen molar-refractivity contribution < 1.29 is 14.0 Å². The summed E-state index contributed by atoms with van der Waals surface area (Å²) in [4.78, 5) is 22.9. The number of carbonyl (C=O) groups is 2. The molecule has 1 aliphatic heterocycles. The Morgan fingerprint density at radius 1 is 1.37 bits per heavy atom. The summed E-state index contributed by atoms with van der Waals surface area (Å²) in [5, 5.41) is 6.60. The number of imide groups is 1. The van der Waals surface area contributed by atoms with Crippen LogP contribution in [-0.2, 0) is 9.59 Å². The summed E-state index contributed by atoms with van der Waals surface area (Å²) in [5.74, 6) is -0.461. The summed E-state index contributed by atoms with van der Waals surface area (Å²) >= 11 is 0. The maximum atomic E-state index is 11.7. The molecule has 2 N–H and O–H groups in total. The molecule has 1 saturated heterocycles. The van der Waals surface area contributed by atoms with Crippen molar-refractivity contribution >= 4 is 29.2 Å². The molecule has 1 atom stereocenters. The molecule has 2 heterocycles. The number of furan rings is 1. The zero-order valence-electron chi connectivity index (χ0n) is 10.8. The minimum atomic E-state index is -0.367. The van der Waals surface area contributed by atoms with Crippen LogP contribution in [0.1, 0.15) is 32.6 Å². The number of rotatable bonds is 2. The lowest BCUT2D eigenvalue weighted by molar-refractivity contribution is -0.133. The van der Waals surface area contributed by atoms with Gasteiger partial charge in [-0.2, -0.15) is 0 Å². The molecule has 1 unspecified atom stereocenters. The first-order chi connectivity index (χ1) is 9.15. The average molecular weight is 260 g/mol. The van der Waals surface area contributed by atoms with Crippen molar-refractivity contribution in [2.75, 3.05) is 5.32 Å². The Hall–Kier alpha value is -2.04. The molecule has 100 valence electrons. The highest BCUT2D eigenvalue weighted by atomic mass is 16.3. The standard InChI is InChI=1S/C14H16N2O3/c1-8-3-2-4-11-13(8)10(7-19-11)15-9-5-6-12(17)16-14(9)18/h4,7,9,15H,2-3,5-6H2,1H3,(H,16,17,18). The molecule has 0 bridgehead atoms. The van der Waals surface area contributed by atoms with Gasteiger partial charge in [-0.25, -0.2) is 0 Å². The fourth-order valence-electron chi connectivity index (χ4n) is 2.63. The molecule has 0 spiro atoms. The Morgan fingerprint density at radius 2 is 2.21 bits per heavy atom. The maximum Gasteiger partial charge on any atom is 0.249 e. The van der Waals surface area contributed by atoms with E-state index in [-0.39, 0.29) is 17.9 Å². The Morgan fingerprint density at radius 3 is 3.00 bits per heavy atom. The molecule has 2 amide bonds. The van der Waals surface area contributed by atoms with Crippen molar-refractivity contribution in [2.24, 2.45) is 0 Å². The smallest absolute Gasteiger partial charge is 0.249 e. The van der Waals surface area contributed by atoms with E-state index in [0.717, 1.165) is 29.2 Å². The largest absolute Gasteiger partial charge is 0.462 e. The lowest BCUT2D eigenvalue weighted by Gasteiger charge is -2.22. The second kappa shape index (κ2) is 4.57. The number of amides is 2. The minimum Gasteiger partial charge on any atom is -0.462 e. The Balaban J connectivity index is 1.90. The van der Waals surface area contributed by atoms with Crippen molar-refractivity contribution in [1.82, 2.24) is 5.32 Å². The maximum absolute atomic E-state index is 11.7. The van der Waals surface area contributed by atoms with Gasteiger partial charge in [0.15, 0.2) is 0 Å². The van der Waals surface area contributed by atoms with Crippen molar-refractivity contribution in [1.29, 1.82) is 0 Å². The monoisotopic (exact) mass is 260 g/mol. The van der Waals surface area contributed by atoms with Gasteiger partial charge in [0.1, 0.15) is 17.7 Å². The van der Waals surface area contributed by atoms with Crippen LogP contribution in [0.2, 0.25) is 0 Å². The number of piperidine rings is 1. The van der Waals surface area contributed by atoms with E-state index in [1.54, 1.807) is 6.26 Å². The highest BCUT2D eigenvalue weighted by molar-refractivity contribution is 6.01. The van der Waals surface area contributed by atoms with Crippen LogP contribution in [0.3, 0.4) is 0 Å². The van der Waals surface area contributed by atoms with Gasteiger partial charge in [0, 0.05) is 11.6 Å². The van der Waals surface area contributed by atoms with E-state index in [2.05, 4.69) is 23.6 Å². The van der Waals surface area contributed by atoms with Crippen molar-refractivity contribution in [3.63, 3.8) is 0 Å². The zero-order chi connectivity index (χ0) is 13.4. The molecule has 2 aliphatic rings. The zero-order valence-corrected chi connectivity index (χ0v) is 10.8. The van der Waals surface area contributed by atoms with Crippen LogP contribution in [0.25, 0.3) is 11.6 Å². The first-order valence-electron chi connectivity index (χ1n) is 6.53. The van der Waals surface area contributed by atoms with Gasteiger partial charge in [0.05, 0.1) is 5.69 Å². The molecule has 1 aliphatic carbocycles. The van der Waals surface area contributed by atoms with E-state index >= 15 is 0 Å². The molecular formula is C14H16N2O3. The molecule has 5 nitrogen and oxygen atoms in total. The van der Waals surface area contributed by atoms with E-state index in [0.29, 0.717) is 12.8 Å². The van der Waals surface area contributed by atoms with Gasteiger partial charge in [-0.1, -0.05) is 5.57 Å². The summed E-state index contributed by atoms with van der Waals surface area (Å²) in [6, 6.07) is -0.367. The summed E-state index contributed by atoms with van der Waals surface area (Å²) in [6.45, 7) is 2.08. The second-order valence-electron chi connectivity index (χ2n) is 5.06. The SMILES string of the molecule is CC1=c2c(NC3CCC(=O)NC3=O)coc2=CCC1. The normalized spacial score (nSPS) is 22.6. The Kier molecular flexibility index (Phi) is 2.89. The highest BCUT2D eigenvalue weighted by Crippen LogP contribution is 2.14. The van der Waals surface area contributed by atoms with E-state index in [1.807, 2.05) is 0 Å². The summed E-state index contributed by atoms with van der Waals surface area (Å²) < 4.78 is 5.52. The van der Waals surface area contributed by atoms with Crippen molar-refractivity contribution in [2.45, 2.75) is 38.6 Å². The first kappa shape index (κ1) is 12.0. The van der Waals surface area contributed by atoms with Crippen LogP contribution in [0.5, 0.6) is 0 Å². The lowest BCUT2D eigenvalue weighted by Crippen LogP contribution is -2.48. The van der Waals surface area contributed by atoms with E-state index in [1.165, 1.54) is 5.57 Å². The van der Waals surface area contributed by atoms with Gasteiger partial charge in [0.2, 0.25) is 11.8 Å². The van der Waals surface area contributed by atoms with Gasteiger partial charge in [-0.05, 0) is 32.3 Å². The fraction of sp³-hybridized carbons (Fsp3) is 0.429. The third kappa shape index (κ3) is 2.16. The van der Waals surface area contributed by atoms with Crippen LogP contribution >= 0.6 is 0 Å². The van der Waals surface area contributed by atoms with E-state index in [4.69, 9.17) is 4.42 Å². The van der Waals surface area contributed by atoms with Gasteiger partial charge in [-0.15, -0.1) is 0 Å². The van der Waals surface area contributed by atoms with Gasteiger partial charge in [0.25, 0.3) is 0 Å². The van der Waals surface area contributed by atoms with Crippen LogP contribution in [0, 0.1) is 0 Å². The summed E-state index contributed by atoms with van der Waals surface area (Å²) in [5.41, 5.74) is 2.98. The van der Waals surface area contributed by atoms with Crippen LogP contribution < -0.4 is 21.3 Å². The molecule has 0 radical (unpaired) electrons. The number of hydrogen-bond acceptors (Lipinski definition) is 4. The van der Waals surface area contributed by atoms with E-state index in [9.17, 15) is 9.59 Å². The number of nitrogens with one attached hydrogen (secondary N) is 2. The number of anilines is 1. The lowest BCUT2D eigenvalue weighted by atomic mass is 10.0. The predicted molar refractivity (Wildman–Crippen MR) is 70.5 cm³/mol. The van der Waals surface area contributed by atoms with Crippen LogP contribution in [-0.4, -0.2) is 17.9 Å². The number of fused-ring (bicyclic) bond motifs is 1. The molecule has 1 fully saturated rings. The summed E-state index contributed by atoms with van der Waals surface area (Å²) in [6.07, 6.45) is 6.62. The minimum absolute atomic E-state index is 0.201. The molecule has 1 aromatic rings. The predicted octanol–water partition coefficient (Wildman–Crippen LogP) is 0.242. The topological polar surface area (TPSA) is 71.3 Å². The van der Waals surface area contributed by atoms with Crippen LogP contribution in [0.15, 0.2) is 10.7 Å². The first-order valence-corrected chi connectivity index (χ1v) is 6.53. The van der Waals surface area contributed by atoms with Crippen molar-refractivity contribution in [3.8, 4) is 0 Å². The molecule has 0 saturated carbocycles. The molecule has 19 heavy (non-hydrogen) atoms. The quantitative estimate of drug-likeness (QED) is 0.747. The number of carbonyl (C=O) groups excluding carboxylic acids is 2. The molecular weight excluding hydrogens is 244 g/mol. The van der Waals surface area contributed by atoms with Crippen LogP contribution in [0.4, 0.5) is 5.69 Å². The Labute approximate surface area is 110 Å². The van der Waals surface area contributed by atoms with Gasteiger partial charge in [-0.3, -0.25) is 14.9 Å². The van der Waals surface area contributed by atoms with Gasteiger partial charge >= 0.3 is 0 Å². The molecule has 5 heteroatoms. The summed E-state index contributed by atoms with van der Waals surface area (Å²) in [7, 11) is 0. The third-order valence-electron chi connectivity index (χ3n) is 3.66.